The fourth-order valence-electron chi connectivity index (χ4n) is 2.96. The number of fused-ring (bicyclic) bond motifs is 1. The molecule has 0 bridgehead atoms. The van der Waals surface area contributed by atoms with Crippen LogP contribution in [0, 0.1) is 0 Å². The van der Waals surface area contributed by atoms with E-state index in [0.717, 1.165) is 36.7 Å². The number of carbonyl (C=O) groups excluding carboxylic acids is 2. The van der Waals surface area contributed by atoms with E-state index in [0.29, 0.717) is 11.1 Å². The Balaban J connectivity index is 2.11. The first-order chi connectivity index (χ1) is 10.3. The van der Waals surface area contributed by atoms with Gasteiger partial charge in [-0.2, -0.15) is 0 Å². The van der Waals surface area contributed by atoms with Crippen molar-refractivity contribution in [2.45, 2.75) is 18.9 Å². The van der Waals surface area contributed by atoms with E-state index in [1.54, 1.807) is 6.20 Å². The highest BCUT2D eigenvalue weighted by Crippen LogP contribution is 2.32. The Labute approximate surface area is 122 Å². The van der Waals surface area contributed by atoms with Crippen molar-refractivity contribution < 1.29 is 14.3 Å². The number of methoxy groups -OCH3 is 1. The number of aldehydes is 1. The first-order valence-corrected chi connectivity index (χ1v) is 6.93. The summed E-state index contributed by atoms with van der Waals surface area (Å²) < 4.78 is 4.86. The second kappa shape index (κ2) is 5.52. The number of hydrogen-bond donors (Lipinski definition) is 0. The molecule has 1 atom stereocenters. The Hall–Kier alpha value is -2.43. The molecule has 1 fully saturated rings. The molecule has 0 amide bonds. The monoisotopic (exact) mass is 284 g/mol. The van der Waals surface area contributed by atoms with Gasteiger partial charge in [-0.25, -0.2) is 4.79 Å². The second-order valence-electron chi connectivity index (χ2n) is 5.07. The summed E-state index contributed by atoms with van der Waals surface area (Å²) in [7, 11) is 1.39. The van der Waals surface area contributed by atoms with Crippen LogP contribution in [-0.2, 0) is 9.53 Å². The topological polar surface area (TPSA) is 59.5 Å². The molecule has 2 heterocycles. The zero-order valence-electron chi connectivity index (χ0n) is 11.8. The maximum absolute atomic E-state index is 11.9. The van der Waals surface area contributed by atoms with Crippen molar-refractivity contribution in [3.05, 3.63) is 36.0 Å². The van der Waals surface area contributed by atoms with Crippen LogP contribution in [0.3, 0.4) is 0 Å². The van der Waals surface area contributed by atoms with Crippen molar-refractivity contribution in [2.24, 2.45) is 0 Å². The van der Waals surface area contributed by atoms with Crippen LogP contribution in [0.15, 0.2) is 30.5 Å². The molecule has 0 N–H and O–H groups in total. The summed E-state index contributed by atoms with van der Waals surface area (Å²) in [6.45, 7) is 0.735. The molecule has 1 saturated heterocycles. The summed E-state index contributed by atoms with van der Waals surface area (Å²) in [6.07, 6.45) is 4.13. The number of anilines is 1. The zero-order chi connectivity index (χ0) is 14.8. The number of pyridine rings is 1. The van der Waals surface area contributed by atoms with Gasteiger partial charge in [0.2, 0.25) is 0 Å². The smallest absolute Gasteiger partial charge is 0.328 e. The van der Waals surface area contributed by atoms with E-state index in [4.69, 9.17) is 4.74 Å². The third kappa shape index (κ3) is 2.24. The molecule has 21 heavy (non-hydrogen) atoms. The molecule has 1 aliphatic heterocycles. The quantitative estimate of drug-likeness (QED) is 0.638. The fourth-order valence-corrected chi connectivity index (χ4v) is 2.96. The lowest BCUT2D eigenvalue weighted by Gasteiger charge is -2.26. The van der Waals surface area contributed by atoms with Gasteiger partial charge in [-0.1, -0.05) is 12.1 Å². The van der Waals surface area contributed by atoms with Crippen LogP contribution in [-0.4, -0.2) is 36.9 Å². The molecule has 108 valence electrons. The normalized spacial score (nSPS) is 18.0. The second-order valence-corrected chi connectivity index (χ2v) is 5.07. The third-order valence-corrected chi connectivity index (χ3v) is 3.94. The minimum Gasteiger partial charge on any atom is -0.467 e. The van der Waals surface area contributed by atoms with Gasteiger partial charge in [0.15, 0.2) is 6.29 Å². The van der Waals surface area contributed by atoms with Crippen molar-refractivity contribution in [1.29, 1.82) is 0 Å². The maximum atomic E-state index is 11.9. The molecular formula is C16H16N2O3. The van der Waals surface area contributed by atoms with Gasteiger partial charge in [0.1, 0.15) is 6.04 Å². The lowest BCUT2D eigenvalue weighted by Crippen LogP contribution is -2.37. The SMILES string of the molecule is COC(=O)C1CCCN1c1ccc2cccnc2c1C=O. The van der Waals surface area contributed by atoms with Crippen LogP contribution in [0.5, 0.6) is 0 Å². The van der Waals surface area contributed by atoms with E-state index in [2.05, 4.69) is 4.98 Å². The van der Waals surface area contributed by atoms with Crippen molar-refractivity contribution >= 4 is 28.8 Å². The van der Waals surface area contributed by atoms with Crippen molar-refractivity contribution in [3.8, 4) is 0 Å². The molecule has 0 aliphatic carbocycles. The van der Waals surface area contributed by atoms with Crippen molar-refractivity contribution in [1.82, 2.24) is 4.98 Å². The molecule has 0 radical (unpaired) electrons. The predicted octanol–water partition coefficient (Wildman–Crippen LogP) is 2.19. The standard InChI is InChI=1S/C16H16N2O3/c1-21-16(20)14-5-3-9-18(14)13-7-6-11-4-2-8-17-15(11)12(13)10-19/h2,4,6-8,10,14H,3,5,9H2,1H3. The van der Waals surface area contributed by atoms with Gasteiger partial charge < -0.3 is 9.64 Å². The summed E-state index contributed by atoms with van der Waals surface area (Å²) in [4.78, 5) is 29.7. The summed E-state index contributed by atoms with van der Waals surface area (Å²) in [6, 6.07) is 7.24. The average molecular weight is 284 g/mol. The van der Waals surface area contributed by atoms with Crippen LogP contribution < -0.4 is 4.90 Å². The average Bonchev–Trinajstić information content (AvgIpc) is 3.02. The Morgan fingerprint density at radius 1 is 1.43 bits per heavy atom. The number of esters is 1. The highest BCUT2D eigenvalue weighted by atomic mass is 16.5. The van der Waals surface area contributed by atoms with E-state index >= 15 is 0 Å². The maximum Gasteiger partial charge on any atom is 0.328 e. The van der Waals surface area contributed by atoms with Crippen LogP contribution in [0.4, 0.5) is 5.69 Å². The summed E-state index contributed by atoms with van der Waals surface area (Å²) in [5, 5.41) is 0.914. The Bertz CT molecular complexity index is 699. The van der Waals surface area contributed by atoms with Crippen LogP contribution >= 0.6 is 0 Å². The minimum absolute atomic E-state index is 0.259. The van der Waals surface area contributed by atoms with Gasteiger partial charge in [0.25, 0.3) is 0 Å². The van der Waals surface area contributed by atoms with Gasteiger partial charge in [-0.05, 0) is 25.0 Å². The van der Waals surface area contributed by atoms with Crippen LogP contribution in [0.1, 0.15) is 23.2 Å². The largest absolute Gasteiger partial charge is 0.467 e. The van der Waals surface area contributed by atoms with Gasteiger partial charge in [-0.3, -0.25) is 9.78 Å². The number of rotatable bonds is 3. The van der Waals surface area contributed by atoms with Crippen molar-refractivity contribution in [2.75, 3.05) is 18.6 Å². The van der Waals surface area contributed by atoms with E-state index in [1.807, 2.05) is 29.2 Å². The van der Waals surface area contributed by atoms with Crippen LogP contribution in [0.2, 0.25) is 0 Å². The lowest BCUT2D eigenvalue weighted by atomic mass is 10.1. The number of ether oxygens (including phenoxy) is 1. The van der Waals surface area contributed by atoms with E-state index in [9.17, 15) is 9.59 Å². The Morgan fingerprint density at radius 2 is 2.29 bits per heavy atom. The minimum atomic E-state index is -0.324. The molecule has 1 unspecified atom stereocenters. The number of carbonyl (C=O) groups is 2. The first kappa shape index (κ1) is 13.5. The van der Waals surface area contributed by atoms with Crippen LogP contribution in [0.25, 0.3) is 10.9 Å². The Morgan fingerprint density at radius 3 is 3.05 bits per heavy atom. The summed E-state index contributed by atoms with van der Waals surface area (Å²) in [5.41, 5.74) is 1.95. The van der Waals surface area contributed by atoms with Gasteiger partial charge in [0.05, 0.1) is 23.9 Å². The molecular weight excluding hydrogens is 268 g/mol. The number of aromatic nitrogens is 1. The number of nitrogens with zero attached hydrogens (tertiary/aromatic N) is 2. The number of benzene rings is 1. The van der Waals surface area contributed by atoms with Gasteiger partial charge >= 0.3 is 5.97 Å². The molecule has 3 rings (SSSR count). The zero-order valence-corrected chi connectivity index (χ0v) is 11.8. The van der Waals surface area contributed by atoms with Gasteiger partial charge in [0, 0.05) is 18.1 Å². The summed E-state index contributed by atoms with van der Waals surface area (Å²) in [5.74, 6) is -0.259. The van der Waals surface area contributed by atoms with Crippen molar-refractivity contribution in [3.63, 3.8) is 0 Å². The highest BCUT2D eigenvalue weighted by molar-refractivity contribution is 6.02. The molecule has 2 aromatic rings. The molecule has 0 spiro atoms. The number of hydrogen-bond acceptors (Lipinski definition) is 5. The first-order valence-electron chi connectivity index (χ1n) is 6.93. The molecule has 5 heteroatoms. The van der Waals surface area contributed by atoms with E-state index in [-0.39, 0.29) is 12.0 Å². The highest BCUT2D eigenvalue weighted by Gasteiger charge is 2.33. The van der Waals surface area contributed by atoms with Gasteiger partial charge in [-0.15, -0.1) is 0 Å². The van der Waals surface area contributed by atoms with E-state index in [1.165, 1.54) is 7.11 Å². The Kier molecular flexibility index (Phi) is 3.56. The predicted molar refractivity (Wildman–Crippen MR) is 79.5 cm³/mol. The molecule has 1 aliphatic rings. The lowest BCUT2D eigenvalue weighted by molar-refractivity contribution is -0.141. The molecule has 5 nitrogen and oxygen atoms in total. The summed E-state index contributed by atoms with van der Waals surface area (Å²) >= 11 is 0. The molecule has 0 saturated carbocycles. The molecule has 1 aromatic carbocycles. The third-order valence-electron chi connectivity index (χ3n) is 3.94. The molecule has 1 aromatic heterocycles. The van der Waals surface area contributed by atoms with E-state index < -0.39 is 0 Å². The fraction of sp³-hybridized carbons (Fsp3) is 0.312.